The topological polar surface area (TPSA) is 122 Å². The van der Waals surface area contributed by atoms with Crippen LogP contribution >= 0.6 is 11.8 Å². The Bertz CT molecular complexity index is 1590. The van der Waals surface area contributed by atoms with E-state index in [0.717, 1.165) is 27.3 Å². The Morgan fingerprint density at radius 1 is 0.943 bits per heavy atom. The van der Waals surface area contributed by atoms with Gasteiger partial charge in [-0.25, -0.2) is 9.78 Å². The van der Waals surface area contributed by atoms with Crippen LogP contribution in [0.3, 0.4) is 0 Å². The number of aromatic nitrogens is 4. The van der Waals surface area contributed by atoms with E-state index in [0.29, 0.717) is 29.0 Å². The zero-order chi connectivity index (χ0) is 25.1. The molecular weight excluding hydrogens is 466 g/mol. The van der Waals surface area contributed by atoms with Gasteiger partial charge in [0.05, 0.1) is 16.7 Å². The van der Waals surface area contributed by atoms with Crippen LogP contribution < -0.4 is 22.5 Å². The van der Waals surface area contributed by atoms with E-state index >= 15 is 0 Å². The number of Topliss-reactive ketones (excluding diaryl/α,β-unsaturated/α-hetero) is 1. The maximum absolute atomic E-state index is 13.3. The summed E-state index contributed by atoms with van der Waals surface area (Å²) in [5.41, 5.74) is 5.83. The van der Waals surface area contributed by atoms with Gasteiger partial charge in [-0.05, 0) is 30.5 Å². The summed E-state index contributed by atoms with van der Waals surface area (Å²) >= 11 is 1.07. The fraction of sp³-hybridized carbons (Fsp3) is 0.240. The molecule has 2 N–H and O–H groups in total. The molecule has 0 aliphatic rings. The van der Waals surface area contributed by atoms with Crippen molar-refractivity contribution in [3.8, 4) is 0 Å². The smallest absolute Gasteiger partial charge is 0.332 e. The van der Waals surface area contributed by atoms with Crippen LogP contribution in [0.1, 0.15) is 22.3 Å². The van der Waals surface area contributed by atoms with Gasteiger partial charge in [-0.15, -0.1) is 0 Å². The van der Waals surface area contributed by atoms with Crippen molar-refractivity contribution in [2.24, 2.45) is 14.1 Å². The molecule has 0 amide bonds. The number of hydrogen-bond acceptors (Lipinski definition) is 7. The number of nitrogens with zero attached hydrogens (tertiary/aromatic N) is 4. The largest absolute Gasteiger partial charge is 0.384 e. The maximum atomic E-state index is 13.3. The number of hydrogen-bond donors (Lipinski definition) is 1. The van der Waals surface area contributed by atoms with Crippen molar-refractivity contribution in [3.63, 3.8) is 0 Å². The summed E-state index contributed by atoms with van der Waals surface area (Å²) in [5.74, 6) is -0.890. The summed E-state index contributed by atoms with van der Waals surface area (Å²) in [6.45, 7) is 0.422. The third-order valence-electron chi connectivity index (χ3n) is 5.84. The number of carbonyl (C=O) groups excluding carboxylic acids is 1. The van der Waals surface area contributed by atoms with Crippen molar-refractivity contribution in [2.45, 2.75) is 24.5 Å². The van der Waals surface area contributed by atoms with E-state index in [1.165, 1.54) is 19.7 Å². The van der Waals surface area contributed by atoms with E-state index in [1.54, 1.807) is 28.8 Å². The molecule has 0 fully saturated rings. The molecule has 4 rings (SSSR count). The first-order valence-electron chi connectivity index (χ1n) is 11.0. The maximum Gasteiger partial charge on any atom is 0.332 e. The molecule has 0 spiro atoms. The number of aryl methyl sites for hydroxylation is 1. The minimum Gasteiger partial charge on any atom is -0.384 e. The van der Waals surface area contributed by atoms with E-state index in [9.17, 15) is 19.2 Å². The third kappa shape index (κ3) is 4.83. The van der Waals surface area contributed by atoms with Crippen molar-refractivity contribution in [1.82, 2.24) is 18.7 Å². The lowest BCUT2D eigenvalue weighted by molar-refractivity contribution is 0.102. The minimum absolute atomic E-state index is 0.166. The van der Waals surface area contributed by atoms with E-state index in [1.807, 2.05) is 30.3 Å². The Hall–Kier alpha value is -3.92. The van der Waals surface area contributed by atoms with Crippen molar-refractivity contribution < 1.29 is 4.79 Å². The third-order valence-corrected chi connectivity index (χ3v) is 6.81. The summed E-state index contributed by atoms with van der Waals surface area (Å²) in [6.07, 6.45) is 1.49. The highest BCUT2D eigenvalue weighted by molar-refractivity contribution is 7.99. The predicted molar refractivity (Wildman–Crippen MR) is 137 cm³/mol. The fourth-order valence-corrected chi connectivity index (χ4v) is 4.76. The molecule has 0 atom stereocenters. The summed E-state index contributed by atoms with van der Waals surface area (Å²) < 4.78 is 3.49. The number of rotatable bonds is 8. The standard InChI is InChI=1S/C25H25N5O4S/c1-28-21(26)20(23(33)29(2)25(28)34)19(31)15-35-24-27-18-13-7-6-12-17(18)22(32)30(24)14-8-11-16-9-4-3-5-10-16/h3-7,9-10,12-13H,8,11,14-15,26H2,1-2H3. The summed E-state index contributed by atoms with van der Waals surface area (Å²) in [7, 11) is 2.69. The Morgan fingerprint density at radius 3 is 2.37 bits per heavy atom. The molecular formula is C25H25N5O4S. The number of carbonyl (C=O) groups is 1. The van der Waals surface area contributed by atoms with E-state index < -0.39 is 17.0 Å². The Labute approximate surface area is 204 Å². The summed E-state index contributed by atoms with van der Waals surface area (Å²) in [5, 5.41) is 0.884. The van der Waals surface area contributed by atoms with Gasteiger partial charge in [0.25, 0.3) is 11.1 Å². The highest BCUT2D eigenvalue weighted by Gasteiger charge is 2.21. The SMILES string of the molecule is Cn1c(N)c(C(=O)CSc2nc3ccccc3c(=O)n2CCCc2ccccc2)c(=O)n(C)c1=O. The van der Waals surface area contributed by atoms with Gasteiger partial charge in [0.2, 0.25) is 0 Å². The lowest BCUT2D eigenvalue weighted by Crippen LogP contribution is -2.41. The zero-order valence-electron chi connectivity index (χ0n) is 19.4. The molecule has 35 heavy (non-hydrogen) atoms. The Kier molecular flexibility index (Phi) is 7.02. The molecule has 0 radical (unpaired) electrons. The van der Waals surface area contributed by atoms with E-state index in [4.69, 9.17) is 5.73 Å². The Morgan fingerprint density at radius 2 is 1.63 bits per heavy atom. The Balaban J connectivity index is 1.64. The van der Waals surface area contributed by atoms with E-state index in [-0.39, 0.29) is 22.7 Å². The average Bonchev–Trinajstić information content (AvgIpc) is 2.87. The second-order valence-electron chi connectivity index (χ2n) is 8.14. The number of para-hydroxylation sites is 1. The van der Waals surface area contributed by atoms with Gasteiger partial charge >= 0.3 is 5.69 Å². The number of benzene rings is 2. The summed E-state index contributed by atoms with van der Waals surface area (Å²) in [4.78, 5) is 55.5. The zero-order valence-corrected chi connectivity index (χ0v) is 20.2. The first kappa shape index (κ1) is 24.2. The first-order valence-corrected chi connectivity index (χ1v) is 12.0. The molecule has 2 heterocycles. The van der Waals surface area contributed by atoms with Gasteiger partial charge in [-0.3, -0.25) is 28.1 Å². The molecule has 0 saturated carbocycles. The lowest BCUT2D eigenvalue weighted by Gasteiger charge is -2.14. The number of thioether (sulfide) groups is 1. The van der Waals surface area contributed by atoms with Crippen molar-refractivity contribution >= 4 is 34.3 Å². The normalized spacial score (nSPS) is 11.1. The molecule has 0 aliphatic heterocycles. The minimum atomic E-state index is -0.747. The van der Waals surface area contributed by atoms with Crippen molar-refractivity contribution in [3.05, 3.63) is 96.9 Å². The van der Waals surface area contributed by atoms with Gasteiger partial charge in [-0.1, -0.05) is 54.2 Å². The number of anilines is 1. The molecule has 2 aromatic carbocycles. The second kappa shape index (κ2) is 10.1. The van der Waals surface area contributed by atoms with Crippen LogP contribution in [0.2, 0.25) is 0 Å². The second-order valence-corrected chi connectivity index (χ2v) is 9.08. The number of ketones is 1. The average molecular weight is 492 g/mol. The molecule has 0 saturated heterocycles. The molecule has 9 nitrogen and oxygen atoms in total. The van der Waals surface area contributed by atoms with Crippen LogP contribution in [0.25, 0.3) is 10.9 Å². The molecule has 10 heteroatoms. The summed E-state index contributed by atoms with van der Waals surface area (Å²) in [6, 6.07) is 17.0. The quantitative estimate of drug-likeness (QED) is 0.227. The number of nitrogen functional groups attached to an aromatic ring is 1. The van der Waals surface area contributed by atoms with Gasteiger partial charge in [-0.2, -0.15) is 0 Å². The highest BCUT2D eigenvalue weighted by atomic mass is 32.2. The lowest BCUT2D eigenvalue weighted by atomic mass is 10.1. The van der Waals surface area contributed by atoms with Crippen molar-refractivity contribution in [1.29, 1.82) is 0 Å². The van der Waals surface area contributed by atoms with Crippen LogP contribution in [-0.2, 0) is 27.1 Å². The van der Waals surface area contributed by atoms with Crippen molar-refractivity contribution in [2.75, 3.05) is 11.5 Å². The monoisotopic (exact) mass is 491 g/mol. The fourth-order valence-electron chi connectivity index (χ4n) is 3.87. The molecule has 0 aliphatic carbocycles. The first-order chi connectivity index (χ1) is 16.8. The molecule has 4 aromatic rings. The number of nitrogens with two attached hydrogens (primary N) is 1. The van der Waals surface area contributed by atoms with Gasteiger partial charge in [0.15, 0.2) is 10.9 Å². The molecule has 0 unspecified atom stereocenters. The van der Waals surface area contributed by atoms with Gasteiger partial charge in [0, 0.05) is 20.6 Å². The van der Waals surface area contributed by atoms with Gasteiger partial charge in [0.1, 0.15) is 11.4 Å². The van der Waals surface area contributed by atoms with E-state index in [2.05, 4.69) is 4.98 Å². The highest BCUT2D eigenvalue weighted by Crippen LogP contribution is 2.20. The van der Waals surface area contributed by atoms with Crippen LogP contribution in [0.5, 0.6) is 0 Å². The van der Waals surface area contributed by atoms with Crippen LogP contribution in [0, 0.1) is 0 Å². The molecule has 180 valence electrons. The van der Waals surface area contributed by atoms with Crippen LogP contribution in [0.4, 0.5) is 5.82 Å². The van der Waals surface area contributed by atoms with Gasteiger partial charge < -0.3 is 5.73 Å². The van der Waals surface area contributed by atoms with Crippen LogP contribution in [0.15, 0.2) is 74.1 Å². The molecule has 2 aromatic heterocycles. The van der Waals surface area contributed by atoms with Crippen LogP contribution in [-0.4, -0.2) is 30.2 Å². The predicted octanol–water partition coefficient (Wildman–Crippen LogP) is 1.98. The number of fused-ring (bicyclic) bond motifs is 1. The molecule has 0 bridgehead atoms.